The van der Waals surface area contributed by atoms with E-state index >= 15 is 0 Å². The minimum atomic E-state index is -3.96. The lowest BCUT2D eigenvalue weighted by Gasteiger charge is -2.16. The Morgan fingerprint density at radius 3 is 2.00 bits per heavy atom. The van der Waals surface area contributed by atoms with Gasteiger partial charge in [0.05, 0.1) is 6.04 Å². The molecule has 0 saturated heterocycles. The number of halogens is 4. The summed E-state index contributed by atoms with van der Waals surface area (Å²) < 4.78 is 32.4. The summed E-state index contributed by atoms with van der Waals surface area (Å²) in [6.07, 6.45) is -2.42. The molecule has 0 fully saturated rings. The van der Waals surface area contributed by atoms with Crippen LogP contribution in [0.15, 0.2) is 29.3 Å². The molecule has 6 heteroatoms. The molecular weight excluding hydrogens is 339 g/mol. The summed E-state index contributed by atoms with van der Waals surface area (Å²) in [5, 5.41) is 0.703. The van der Waals surface area contributed by atoms with Crippen LogP contribution >= 0.6 is 11.6 Å². The standard InChI is InChI=1S/C12H12ClNO.C3H5F3.C3H8/c1-8-6-11(15)7-12(14-8)9-2-4-10(13)5-3-9;1-2-3(4,5)6;1-3-2/h2-5,8H,6-7H2,1H3;2H2,1H3;3H2,1-2H3. The van der Waals surface area contributed by atoms with Crippen molar-refractivity contribution in [3.05, 3.63) is 34.9 Å². The summed E-state index contributed by atoms with van der Waals surface area (Å²) in [5.41, 5.74) is 1.88. The highest BCUT2D eigenvalue weighted by atomic mass is 35.5. The van der Waals surface area contributed by atoms with E-state index in [1.807, 2.05) is 31.2 Å². The largest absolute Gasteiger partial charge is 0.388 e. The summed E-state index contributed by atoms with van der Waals surface area (Å²) in [6, 6.07) is 7.57. The van der Waals surface area contributed by atoms with Gasteiger partial charge in [-0.3, -0.25) is 9.79 Å². The van der Waals surface area contributed by atoms with Crippen molar-refractivity contribution in [2.24, 2.45) is 4.99 Å². The minimum absolute atomic E-state index is 0.108. The first kappa shape index (κ1) is 22.6. The first-order valence-corrected chi connectivity index (χ1v) is 8.41. The molecular formula is C18H25ClF3NO. The average molecular weight is 364 g/mol. The van der Waals surface area contributed by atoms with E-state index in [1.54, 1.807) is 0 Å². The lowest BCUT2D eigenvalue weighted by molar-refractivity contribution is -0.130. The highest BCUT2D eigenvalue weighted by molar-refractivity contribution is 6.30. The van der Waals surface area contributed by atoms with Gasteiger partial charge in [-0.2, -0.15) is 13.2 Å². The second-order valence-electron chi connectivity index (χ2n) is 5.53. The van der Waals surface area contributed by atoms with E-state index in [-0.39, 0.29) is 11.8 Å². The zero-order chi connectivity index (χ0) is 18.8. The molecule has 1 heterocycles. The number of rotatable bonds is 1. The van der Waals surface area contributed by atoms with Gasteiger partial charge in [-0.15, -0.1) is 0 Å². The molecule has 1 aromatic carbocycles. The summed E-state index contributed by atoms with van der Waals surface area (Å²) in [6.45, 7) is 7.30. The van der Waals surface area contributed by atoms with Gasteiger partial charge in [-0.25, -0.2) is 0 Å². The van der Waals surface area contributed by atoms with Crippen LogP contribution in [0.5, 0.6) is 0 Å². The summed E-state index contributed by atoms with van der Waals surface area (Å²) >= 11 is 5.80. The van der Waals surface area contributed by atoms with Crippen molar-refractivity contribution in [2.75, 3.05) is 0 Å². The Balaban J connectivity index is 0.000000495. The molecule has 2 rings (SSSR count). The summed E-state index contributed by atoms with van der Waals surface area (Å²) in [4.78, 5) is 15.9. The number of hydrogen-bond donors (Lipinski definition) is 0. The van der Waals surface area contributed by atoms with Gasteiger partial charge in [-0.05, 0) is 24.6 Å². The number of alkyl halides is 3. The van der Waals surface area contributed by atoms with Crippen LogP contribution in [0.25, 0.3) is 0 Å². The van der Waals surface area contributed by atoms with E-state index in [4.69, 9.17) is 11.6 Å². The van der Waals surface area contributed by atoms with Gasteiger partial charge >= 0.3 is 6.18 Å². The van der Waals surface area contributed by atoms with Gasteiger partial charge in [0.1, 0.15) is 5.78 Å². The maximum atomic E-state index is 11.4. The van der Waals surface area contributed by atoms with E-state index in [0.29, 0.717) is 17.9 Å². The van der Waals surface area contributed by atoms with E-state index in [1.165, 1.54) is 6.42 Å². The molecule has 0 amide bonds. The van der Waals surface area contributed by atoms with Crippen LogP contribution < -0.4 is 0 Å². The molecule has 2 nitrogen and oxygen atoms in total. The minimum Gasteiger partial charge on any atom is -0.299 e. The second-order valence-corrected chi connectivity index (χ2v) is 5.96. The Morgan fingerprint density at radius 2 is 1.62 bits per heavy atom. The SMILES string of the molecule is CC1CC(=O)CC(c2ccc(Cl)cc2)=N1.CCC.CCC(F)(F)F. The van der Waals surface area contributed by atoms with Crippen LogP contribution in [0, 0.1) is 0 Å². The number of benzene rings is 1. The van der Waals surface area contributed by atoms with Crippen LogP contribution in [-0.4, -0.2) is 23.7 Å². The fourth-order valence-electron chi connectivity index (χ4n) is 1.76. The Bertz CT molecular complexity index is 524. The maximum Gasteiger partial charge on any atom is 0.388 e. The third kappa shape index (κ3) is 10.4. The van der Waals surface area contributed by atoms with Crippen molar-refractivity contribution >= 4 is 23.1 Å². The molecule has 1 aromatic rings. The molecule has 0 spiro atoms. The van der Waals surface area contributed by atoms with Gasteiger partial charge in [0, 0.05) is 30.0 Å². The van der Waals surface area contributed by atoms with Crippen molar-refractivity contribution in [1.29, 1.82) is 0 Å². The van der Waals surface area contributed by atoms with E-state index in [9.17, 15) is 18.0 Å². The van der Waals surface area contributed by atoms with E-state index in [2.05, 4.69) is 18.8 Å². The van der Waals surface area contributed by atoms with Gasteiger partial charge in [0.15, 0.2) is 0 Å². The fourth-order valence-corrected chi connectivity index (χ4v) is 1.89. The van der Waals surface area contributed by atoms with Crippen molar-refractivity contribution in [2.45, 2.75) is 65.6 Å². The van der Waals surface area contributed by atoms with Crippen molar-refractivity contribution in [3.8, 4) is 0 Å². The monoisotopic (exact) mass is 363 g/mol. The number of aliphatic imine (C=N–C) groups is 1. The quantitative estimate of drug-likeness (QED) is 0.579. The van der Waals surface area contributed by atoms with Crippen LogP contribution in [0.2, 0.25) is 5.02 Å². The number of carbonyl (C=O) groups excluding carboxylic acids is 1. The molecule has 0 N–H and O–H groups in total. The average Bonchev–Trinajstić information content (AvgIpc) is 2.47. The molecule has 0 radical (unpaired) electrons. The summed E-state index contributed by atoms with van der Waals surface area (Å²) in [5.74, 6) is 0.266. The van der Waals surface area contributed by atoms with Crippen molar-refractivity contribution < 1.29 is 18.0 Å². The number of ketones is 1. The van der Waals surface area contributed by atoms with Crippen LogP contribution in [-0.2, 0) is 4.79 Å². The van der Waals surface area contributed by atoms with Gasteiger partial charge in [0.25, 0.3) is 0 Å². The molecule has 136 valence electrons. The predicted octanol–water partition coefficient (Wildman–Crippen LogP) is 6.26. The molecule has 0 aromatic heterocycles. The third-order valence-corrected chi connectivity index (χ3v) is 3.09. The number of Topliss-reactive ketones (excluding diaryl/α,β-unsaturated/α-hetero) is 1. The topological polar surface area (TPSA) is 29.4 Å². The lowest BCUT2D eigenvalue weighted by Crippen LogP contribution is -2.21. The zero-order valence-electron chi connectivity index (χ0n) is 14.6. The Kier molecular flexibility index (Phi) is 10.6. The molecule has 1 unspecified atom stereocenters. The second kappa shape index (κ2) is 11.2. The van der Waals surface area contributed by atoms with E-state index < -0.39 is 12.6 Å². The van der Waals surface area contributed by atoms with Crippen molar-refractivity contribution in [1.82, 2.24) is 0 Å². The van der Waals surface area contributed by atoms with Crippen LogP contribution in [0.3, 0.4) is 0 Å². The summed E-state index contributed by atoms with van der Waals surface area (Å²) in [7, 11) is 0. The molecule has 0 bridgehead atoms. The normalized spacial score (nSPS) is 17.1. The highest BCUT2D eigenvalue weighted by Crippen LogP contribution is 2.18. The lowest BCUT2D eigenvalue weighted by atomic mass is 9.98. The molecule has 1 aliphatic rings. The number of nitrogens with zero attached hydrogens (tertiary/aromatic N) is 1. The maximum absolute atomic E-state index is 11.4. The van der Waals surface area contributed by atoms with Crippen LogP contribution in [0.1, 0.15) is 58.9 Å². The smallest absolute Gasteiger partial charge is 0.299 e. The number of hydrogen-bond acceptors (Lipinski definition) is 2. The third-order valence-electron chi connectivity index (χ3n) is 2.84. The predicted molar refractivity (Wildman–Crippen MR) is 94.0 cm³/mol. The highest BCUT2D eigenvalue weighted by Gasteiger charge is 2.22. The van der Waals surface area contributed by atoms with Crippen molar-refractivity contribution in [3.63, 3.8) is 0 Å². The Labute approximate surface area is 147 Å². The molecule has 24 heavy (non-hydrogen) atoms. The zero-order valence-corrected chi connectivity index (χ0v) is 15.3. The van der Waals surface area contributed by atoms with Crippen LogP contribution in [0.4, 0.5) is 13.2 Å². The number of carbonyl (C=O) groups is 1. The van der Waals surface area contributed by atoms with Gasteiger partial charge in [-0.1, -0.05) is 50.9 Å². The Hall–Kier alpha value is -1.36. The molecule has 0 aliphatic carbocycles. The first-order valence-electron chi connectivity index (χ1n) is 8.03. The molecule has 1 atom stereocenters. The van der Waals surface area contributed by atoms with E-state index in [0.717, 1.165) is 18.2 Å². The molecule has 1 aliphatic heterocycles. The molecule has 0 saturated carbocycles. The first-order chi connectivity index (χ1) is 11.1. The van der Waals surface area contributed by atoms with Gasteiger partial charge in [0.2, 0.25) is 0 Å². The Morgan fingerprint density at radius 1 is 1.17 bits per heavy atom. The van der Waals surface area contributed by atoms with Gasteiger partial charge < -0.3 is 0 Å². The fraction of sp³-hybridized carbons (Fsp3) is 0.556.